The van der Waals surface area contributed by atoms with Gasteiger partial charge < -0.3 is 14.2 Å². The maximum atomic E-state index is 13.9. The van der Waals surface area contributed by atoms with Crippen molar-refractivity contribution >= 4 is 10.0 Å². The van der Waals surface area contributed by atoms with Gasteiger partial charge in [0.25, 0.3) is 5.56 Å². The van der Waals surface area contributed by atoms with Crippen molar-refractivity contribution in [1.82, 2.24) is 14.9 Å². The number of methoxy groups -OCH3 is 3. The summed E-state index contributed by atoms with van der Waals surface area (Å²) in [5, 5.41) is 6.05. The van der Waals surface area contributed by atoms with Crippen LogP contribution >= 0.6 is 0 Å². The first-order valence-corrected chi connectivity index (χ1v) is 11.5. The van der Waals surface area contributed by atoms with Gasteiger partial charge in [-0.3, -0.25) is 4.79 Å². The summed E-state index contributed by atoms with van der Waals surface area (Å²) in [4.78, 5) is 10.5. The predicted octanol–water partition coefficient (Wildman–Crippen LogP) is 3.27. The average molecular weight is 513 g/mol. The Morgan fingerprint density at radius 1 is 1.00 bits per heavy atom. The van der Waals surface area contributed by atoms with Crippen LogP contribution in [0.25, 0.3) is 11.3 Å². The zero-order valence-corrected chi connectivity index (χ0v) is 19.9. The monoisotopic (exact) mass is 513 g/mol. The maximum absolute atomic E-state index is 13.9. The van der Waals surface area contributed by atoms with E-state index in [1.54, 1.807) is 6.07 Å². The van der Waals surface area contributed by atoms with Crippen LogP contribution in [0.3, 0.4) is 0 Å². The number of ether oxygens (including phenoxy) is 3. The molecule has 2 N–H and O–H groups in total. The average Bonchev–Trinajstić information content (AvgIpc) is 2.81. The Morgan fingerprint density at radius 2 is 1.69 bits per heavy atom. The van der Waals surface area contributed by atoms with Crippen LogP contribution in [0.1, 0.15) is 16.7 Å². The Bertz CT molecular complexity index is 1400. The normalized spacial score (nSPS) is 11.9. The summed E-state index contributed by atoms with van der Waals surface area (Å²) in [7, 11) is -0.755. The van der Waals surface area contributed by atoms with Crippen LogP contribution in [0.4, 0.5) is 13.2 Å². The third kappa shape index (κ3) is 5.57. The number of hydrogen-bond acceptors (Lipinski definition) is 7. The lowest BCUT2D eigenvalue weighted by Gasteiger charge is -2.19. The molecule has 3 rings (SSSR count). The molecule has 9 nitrogen and oxygen atoms in total. The van der Waals surface area contributed by atoms with Gasteiger partial charge >= 0.3 is 6.18 Å². The minimum atomic E-state index is -5.01. The second kappa shape index (κ2) is 9.96. The minimum Gasteiger partial charge on any atom is -0.497 e. The lowest BCUT2D eigenvalue weighted by molar-refractivity contribution is -0.140. The van der Waals surface area contributed by atoms with Crippen LogP contribution in [0.5, 0.6) is 17.2 Å². The van der Waals surface area contributed by atoms with E-state index in [4.69, 9.17) is 14.2 Å². The topological polar surface area (TPSA) is 120 Å². The highest BCUT2D eigenvalue weighted by molar-refractivity contribution is 7.89. The molecular formula is C22H22F3N3O6S. The number of aromatic nitrogens is 2. The first kappa shape index (κ1) is 26.0. The number of aromatic amines is 1. The number of hydrogen-bond donors (Lipinski definition) is 2. The number of H-pyrrole nitrogens is 1. The van der Waals surface area contributed by atoms with Gasteiger partial charge in [0.05, 0.1) is 37.5 Å². The molecule has 0 fully saturated rings. The van der Waals surface area contributed by atoms with Crippen LogP contribution in [0.15, 0.2) is 46.1 Å². The van der Waals surface area contributed by atoms with Gasteiger partial charge in [-0.2, -0.15) is 18.3 Å². The molecule has 35 heavy (non-hydrogen) atoms. The van der Waals surface area contributed by atoms with E-state index in [2.05, 4.69) is 14.9 Å². The third-order valence-corrected chi connectivity index (χ3v) is 6.54. The number of aryl methyl sites for hydroxylation is 1. The molecule has 0 unspecified atom stereocenters. The number of rotatable bonds is 8. The molecule has 0 amide bonds. The fourth-order valence-corrected chi connectivity index (χ4v) is 4.61. The highest BCUT2D eigenvalue weighted by atomic mass is 32.2. The van der Waals surface area contributed by atoms with Crippen LogP contribution in [0.2, 0.25) is 0 Å². The van der Waals surface area contributed by atoms with E-state index in [0.29, 0.717) is 22.9 Å². The summed E-state index contributed by atoms with van der Waals surface area (Å²) < 4.78 is 85.5. The molecular weight excluding hydrogens is 491 g/mol. The lowest BCUT2D eigenvalue weighted by Crippen LogP contribution is -2.26. The van der Waals surface area contributed by atoms with Gasteiger partial charge in [0.15, 0.2) is 0 Å². The Balaban J connectivity index is 2.13. The van der Waals surface area contributed by atoms with Gasteiger partial charge in [-0.15, -0.1) is 0 Å². The number of nitrogens with one attached hydrogen (secondary N) is 2. The van der Waals surface area contributed by atoms with E-state index in [1.165, 1.54) is 39.3 Å². The summed E-state index contributed by atoms with van der Waals surface area (Å²) in [6.45, 7) is 1.15. The van der Waals surface area contributed by atoms with Gasteiger partial charge in [0.2, 0.25) is 10.0 Å². The van der Waals surface area contributed by atoms with Crippen molar-refractivity contribution in [3.63, 3.8) is 0 Å². The summed E-state index contributed by atoms with van der Waals surface area (Å²) in [6.07, 6.45) is -5.01. The molecule has 1 heterocycles. The molecule has 0 radical (unpaired) electrons. The Kier molecular flexibility index (Phi) is 7.41. The molecule has 1 aromatic heterocycles. The molecule has 0 spiro atoms. The first-order chi connectivity index (χ1) is 16.4. The molecule has 3 aromatic rings. The number of nitrogens with zero attached hydrogens (tertiary/aromatic N) is 1. The minimum absolute atomic E-state index is 0.0448. The van der Waals surface area contributed by atoms with E-state index in [1.807, 2.05) is 0 Å². The zero-order chi connectivity index (χ0) is 26.0. The molecule has 0 aliphatic rings. The van der Waals surface area contributed by atoms with Gasteiger partial charge in [-0.25, -0.2) is 18.2 Å². The largest absolute Gasteiger partial charge is 0.497 e. The van der Waals surface area contributed by atoms with Crippen molar-refractivity contribution in [1.29, 1.82) is 0 Å². The van der Waals surface area contributed by atoms with Crippen LogP contribution in [-0.2, 0) is 22.7 Å². The van der Waals surface area contributed by atoms with E-state index in [-0.39, 0.29) is 29.3 Å². The van der Waals surface area contributed by atoms with Crippen molar-refractivity contribution in [2.75, 3.05) is 21.3 Å². The van der Waals surface area contributed by atoms with Crippen molar-refractivity contribution in [2.45, 2.75) is 24.5 Å². The van der Waals surface area contributed by atoms with Crippen molar-refractivity contribution in [3.8, 4) is 28.5 Å². The molecule has 0 bridgehead atoms. The van der Waals surface area contributed by atoms with E-state index < -0.39 is 32.2 Å². The Labute approximate surface area is 198 Å². The van der Waals surface area contributed by atoms with Crippen molar-refractivity contribution < 1.29 is 35.8 Å². The number of benzene rings is 2. The SMILES string of the molecule is COc1ccc(CNS(=O)(=O)c2cc(-c3n[nH]c(=O)cc3C)c(OC)cc2C(F)(F)F)c(OC)c1. The second-order valence-corrected chi connectivity index (χ2v) is 9.05. The molecule has 0 saturated carbocycles. The summed E-state index contributed by atoms with van der Waals surface area (Å²) >= 11 is 0. The highest BCUT2D eigenvalue weighted by Gasteiger charge is 2.39. The molecule has 0 atom stereocenters. The van der Waals surface area contributed by atoms with E-state index >= 15 is 0 Å². The van der Waals surface area contributed by atoms with Crippen LogP contribution in [-0.4, -0.2) is 39.9 Å². The number of alkyl halides is 3. The predicted molar refractivity (Wildman–Crippen MR) is 120 cm³/mol. The van der Waals surface area contributed by atoms with Gasteiger partial charge in [0, 0.05) is 29.8 Å². The molecule has 0 aliphatic carbocycles. The number of halogens is 3. The van der Waals surface area contributed by atoms with Gasteiger partial charge in [0.1, 0.15) is 17.2 Å². The summed E-state index contributed by atoms with van der Waals surface area (Å²) in [6, 6.07) is 7.19. The van der Waals surface area contributed by atoms with Gasteiger partial charge in [-0.1, -0.05) is 6.07 Å². The Morgan fingerprint density at radius 3 is 2.26 bits per heavy atom. The molecule has 0 aliphatic heterocycles. The summed E-state index contributed by atoms with van der Waals surface area (Å²) in [5.74, 6) is 0.471. The van der Waals surface area contributed by atoms with Gasteiger partial charge in [-0.05, 0) is 30.7 Å². The molecule has 13 heteroatoms. The van der Waals surface area contributed by atoms with Crippen LogP contribution in [0, 0.1) is 6.92 Å². The van der Waals surface area contributed by atoms with Crippen LogP contribution < -0.4 is 24.5 Å². The van der Waals surface area contributed by atoms with Crippen molar-refractivity contribution in [2.24, 2.45) is 0 Å². The van der Waals surface area contributed by atoms with E-state index in [9.17, 15) is 26.4 Å². The standard InChI is InChI=1S/C22H22F3N3O6S/c1-12-7-20(29)27-28-21(12)15-9-19(16(22(23,24)25)10-18(15)34-4)35(30,31)26-11-13-5-6-14(32-2)8-17(13)33-3/h5-10,26H,11H2,1-4H3,(H,27,29). The van der Waals surface area contributed by atoms with E-state index in [0.717, 1.165) is 13.2 Å². The van der Waals surface area contributed by atoms with Crippen molar-refractivity contribution in [3.05, 3.63) is 63.4 Å². The Hall–Kier alpha value is -3.58. The fraction of sp³-hybridized carbons (Fsp3) is 0.273. The lowest BCUT2D eigenvalue weighted by atomic mass is 10.0. The molecule has 188 valence electrons. The fourth-order valence-electron chi connectivity index (χ4n) is 3.38. The number of sulfonamides is 1. The second-order valence-electron chi connectivity index (χ2n) is 7.31. The third-order valence-electron chi connectivity index (χ3n) is 5.10. The summed E-state index contributed by atoms with van der Waals surface area (Å²) in [5.41, 5.74) is -1.25. The zero-order valence-electron chi connectivity index (χ0n) is 19.1. The maximum Gasteiger partial charge on any atom is 0.417 e. The first-order valence-electron chi connectivity index (χ1n) is 9.97. The quantitative estimate of drug-likeness (QED) is 0.475. The highest BCUT2D eigenvalue weighted by Crippen LogP contribution is 2.41. The molecule has 2 aromatic carbocycles. The molecule has 0 saturated heterocycles. The smallest absolute Gasteiger partial charge is 0.417 e.